The molecule has 34 heavy (non-hydrogen) atoms. The number of ether oxygens (including phenoxy) is 1. The summed E-state index contributed by atoms with van der Waals surface area (Å²) in [7, 11) is -2.52. The van der Waals surface area contributed by atoms with E-state index in [1.165, 1.54) is 67.8 Å². The minimum Gasteiger partial charge on any atom is -0.494 e. The van der Waals surface area contributed by atoms with Crippen molar-refractivity contribution in [2.24, 2.45) is 0 Å². The molecule has 0 bridgehead atoms. The molecule has 4 aromatic rings. The molecule has 0 atom stereocenters. The topological polar surface area (TPSA) is 141 Å². The first-order valence-electron chi connectivity index (χ1n) is 9.49. The Bertz CT molecular complexity index is 1520. The Morgan fingerprint density at radius 1 is 1.15 bits per heavy atom. The summed E-state index contributed by atoms with van der Waals surface area (Å²) in [5.41, 5.74) is 0.571. The maximum atomic E-state index is 12.8. The average Bonchev–Trinajstić information content (AvgIpc) is 3.20. The fourth-order valence-electron chi connectivity index (χ4n) is 3.02. The van der Waals surface area contributed by atoms with E-state index in [1.807, 2.05) is 0 Å². The van der Waals surface area contributed by atoms with Crippen LogP contribution in [-0.4, -0.2) is 31.3 Å². The van der Waals surface area contributed by atoms with Gasteiger partial charge in [-0.2, -0.15) is 0 Å². The van der Waals surface area contributed by atoms with Crippen LogP contribution in [0, 0.1) is 10.1 Å². The van der Waals surface area contributed by atoms with Crippen LogP contribution in [0.5, 0.6) is 5.75 Å². The highest BCUT2D eigenvalue weighted by molar-refractivity contribution is 7.92. The number of nitrogens with zero attached hydrogens (tertiary/aromatic N) is 2. The highest BCUT2D eigenvalue weighted by Crippen LogP contribution is 2.36. The van der Waals surface area contributed by atoms with Gasteiger partial charge in [-0.1, -0.05) is 29.0 Å². The van der Waals surface area contributed by atoms with E-state index in [1.54, 1.807) is 0 Å². The highest BCUT2D eigenvalue weighted by atomic mass is 35.5. The van der Waals surface area contributed by atoms with Crippen molar-refractivity contribution in [3.05, 3.63) is 81.4 Å². The molecule has 1 amide bonds. The van der Waals surface area contributed by atoms with Crippen LogP contribution in [0.3, 0.4) is 0 Å². The second-order valence-corrected chi connectivity index (χ2v) is 10.0. The number of hydrogen-bond donors (Lipinski definition) is 2. The molecule has 10 nitrogen and oxygen atoms in total. The summed E-state index contributed by atoms with van der Waals surface area (Å²) in [6.07, 6.45) is 0. The van der Waals surface area contributed by atoms with Crippen molar-refractivity contribution >= 4 is 65.6 Å². The third-order valence-corrected chi connectivity index (χ3v) is 7.16. The van der Waals surface area contributed by atoms with E-state index in [0.717, 1.165) is 11.3 Å². The van der Waals surface area contributed by atoms with Crippen molar-refractivity contribution in [2.45, 2.75) is 4.90 Å². The number of amides is 1. The zero-order valence-corrected chi connectivity index (χ0v) is 19.7. The number of sulfonamides is 1. The Morgan fingerprint density at radius 2 is 1.88 bits per heavy atom. The lowest BCUT2D eigenvalue weighted by Gasteiger charge is -2.09. The molecular weight excluding hydrogens is 504 g/mol. The van der Waals surface area contributed by atoms with Gasteiger partial charge < -0.3 is 4.74 Å². The Hall–Kier alpha value is -3.74. The Balaban J connectivity index is 1.56. The molecule has 0 unspecified atom stereocenters. The summed E-state index contributed by atoms with van der Waals surface area (Å²) >= 11 is 6.85. The quantitative estimate of drug-likeness (QED) is 0.261. The second kappa shape index (κ2) is 9.25. The number of benzene rings is 3. The van der Waals surface area contributed by atoms with Crippen molar-refractivity contribution < 1.29 is 22.9 Å². The first kappa shape index (κ1) is 23.4. The van der Waals surface area contributed by atoms with Crippen LogP contribution in [-0.2, 0) is 10.0 Å². The van der Waals surface area contributed by atoms with Gasteiger partial charge in [0, 0.05) is 22.3 Å². The van der Waals surface area contributed by atoms with E-state index in [0.29, 0.717) is 15.2 Å². The van der Waals surface area contributed by atoms with Gasteiger partial charge in [-0.05, 0) is 42.5 Å². The SMILES string of the molecule is COc1cc([N+](=O)[O-])cc2sc(NC(=O)c3cccc(NS(=O)(=O)c4ccc(Cl)cc4)c3)nc12. The minimum absolute atomic E-state index is 0.0178. The number of nitro benzene ring substituents is 1. The molecule has 0 radical (unpaired) electrons. The van der Waals surface area contributed by atoms with E-state index in [-0.39, 0.29) is 32.7 Å². The number of anilines is 2. The van der Waals surface area contributed by atoms with Gasteiger partial charge in [0.1, 0.15) is 5.52 Å². The average molecular weight is 519 g/mol. The lowest BCUT2D eigenvalue weighted by molar-refractivity contribution is -0.384. The molecule has 13 heteroatoms. The Morgan fingerprint density at radius 3 is 2.56 bits per heavy atom. The molecule has 0 fully saturated rings. The summed E-state index contributed by atoms with van der Waals surface area (Å²) in [6.45, 7) is 0. The number of carbonyl (C=O) groups is 1. The van der Waals surface area contributed by atoms with Crippen LogP contribution < -0.4 is 14.8 Å². The molecule has 2 N–H and O–H groups in total. The van der Waals surface area contributed by atoms with Gasteiger partial charge in [-0.25, -0.2) is 13.4 Å². The van der Waals surface area contributed by atoms with Crippen molar-refractivity contribution in [2.75, 3.05) is 17.1 Å². The summed E-state index contributed by atoms with van der Waals surface area (Å²) in [6, 6.07) is 14.2. The number of nitro groups is 1. The maximum absolute atomic E-state index is 12.8. The highest BCUT2D eigenvalue weighted by Gasteiger charge is 2.19. The summed E-state index contributed by atoms with van der Waals surface area (Å²) in [5.74, 6) is -0.334. The number of thiazole rings is 1. The lowest BCUT2D eigenvalue weighted by Crippen LogP contribution is -2.15. The van der Waals surface area contributed by atoms with Crippen molar-refractivity contribution in [3.63, 3.8) is 0 Å². The molecular formula is C21H15ClN4O6S2. The van der Waals surface area contributed by atoms with Gasteiger partial charge >= 0.3 is 0 Å². The number of halogens is 1. The van der Waals surface area contributed by atoms with Crippen molar-refractivity contribution in [3.8, 4) is 5.75 Å². The largest absolute Gasteiger partial charge is 0.494 e. The third kappa shape index (κ3) is 4.93. The molecule has 0 saturated heterocycles. The molecule has 3 aromatic carbocycles. The van der Waals surface area contributed by atoms with Crippen molar-refractivity contribution in [1.29, 1.82) is 0 Å². The summed E-state index contributed by atoms with van der Waals surface area (Å²) < 4.78 is 33.3. The number of hydrogen-bond acceptors (Lipinski definition) is 8. The van der Waals surface area contributed by atoms with Crippen LogP contribution in [0.1, 0.15) is 10.4 Å². The monoisotopic (exact) mass is 518 g/mol. The Kier molecular flexibility index (Phi) is 6.37. The van der Waals surface area contributed by atoms with Gasteiger partial charge in [0.25, 0.3) is 21.6 Å². The number of non-ortho nitro benzene ring substituents is 1. The number of fused-ring (bicyclic) bond motifs is 1. The number of methoxy groups -OCH3 is 1. The zero-order chi connectivity index (χ0) is 24.5. The lowest BCUT2D eigenvalue weighted by atomic mass is 10.2. The first-order valence-corrected chi connectivity index (χ1v) is 12.2. The van der Waals surface area contributed by atoms with Crippen LogP contribution >= 0.6 is 22.9 Å². The predicted molar refractivity (Wildman–Crippen MR) is 129 cm³/mol. The van der Waals surface area contributed by atoms with Gasteiger partial charge in [0.15, 0.2) is 10.9 Å². The summed E-state index contributed by atoms with van der Waals surface area (Å²) in [4.78, 5) is 27.7. The molecule has 0 saturated carbocycles. The molecule has 0 spiro atoms. The fraction of sp³-hybridized carbons (Fsp3) is 0.0476. The van der Waals surface area contributed by atoms with Gasteiger partial charge in [0.2, 0.25) is 0 Å². The molecule has 1 aromatic heterocycles. The maximum Gasteiger partial charge on any atom is 0.274 e. The molecule has 0 aliphatic carbocycles. The van der Waals surface area contributed by atoms with Gasteiger partial charge in [0.05, 0.1) is 27.7 Å². The zero-order valence-electron chi connectivity index (χ0n) is 17.3. The number of rotatable bonds is 7. The third-order valence-electron chi connectivity index (χ3n) is 4.60. The second-order valence-electron chi connectivity index (χ2n) is 6.87. The summed E-state index contributed by atoms with van der Waals surface area (Å²) in [5, 5.41) is 14.4. The van der Waals surface area contributed by atoms with E-state index in [2.05, 4.69) is 15.0 Å². The van der Waals surface area contributed by atoms with E-state index in [4.69, 9.17) is 16.3 Å². The normalized spacial score (nSPS) is 11.2. The van der Waals surface area contributed by atoms with E-state index in [9.17, 15) is 23.3 Å². The van der Waals surface area contributed by atoms with E-state index >= 15 is 0 Å². The molecule has 174 valence electrons. The van der Waals surface area contributed by atoms with Crippen LogP contribution in [0.4, 0.5) is 16.5 Å². The number of aromatic nitrogens is 1. The number of nitrogens with one attached hydrogen (secondary N) is 2. The van der Waals surface area contributed by atoms with Crippen LogP contribution in [0.15, 0.2) is 65.6 Å². The standard InChI is InChI=1S/C21H15ClN4O6S2/c1-32-17-10-15(26(28)29)11-18-19(17)23-21(33-18)24-20(27)12-3-2-4-14(9-12)25-34(30,31)16-7-5-13(22)6-8-16/h2-11,25H,1H3,(H,23,24,27). The minimum atomic E-state index is -3.89. The molecule has 4 rings (SSSR count). The molecule has 0 aliphatic heterocycles. The van der Waals surface area contributed by atoms with Gasteiger partial charge in [-0.15, -0.1) is 0 Å². The smallest absolute Gasteiger partial charge is 0.274 e. The Labute approximate surface area is 202 Å². The van der Waals surface area contributed by atoms with Crippen LogP contribution in [0.2, 0.25) is 5.02 Å². The van der Waals surface area contributed by atoms with Crippen molar-refractivity contribution in [1.82, 2.24) is 4.98 Å². The molecule has 0 aliphatic rings. The first-order chi connectivity index (χ1) is 16.2. The van der Waals surface area contributed by atoms with Gasteiger partial charge in [-0.3, -0.25) is 24.9 Å². The van der Waals surface area contributed by atoms with E-state index < -0.39 is 20.9 Å². The van der Waals surface area contributed by atoms with Crippen LogP contribution in [0.25, 0.3) is 10.2 Å². The predicted octanol–water partition coefficient (Wildman–Crippen LogP) is 4.92. The fourth-order valence-corrected chi connectivity index (χ4v) is 5.11. The molecule has 1 heterocycles. The number of carbonyl (C=O) groups excluding carboxylic acids is 1.